The third kappa shape index (κ3) is 4.93. The van der Waals surface area contributed by atoms with Crippen LogP contribution in [0.1, 0.15) is 10.4 Å². The van der Waals surface area contributed by atoms with Crippen LogP contribution in [-0.4, -0.2) is 25.2 Å². The van der Waals surface area contributed by atoms with Crippen LogP contribution >= 0.6 is 23.2 Å². The van der Waals surface area contributed by atoms with E-state index >= 15 is 0 Å². The van der Waals surface area contributed by atoms with E-state index in [0.29, 0.717) is 5.02 Å². The van der Waals surface area contributed by atoms with Crippen molar-refractivity contribution in [2.75, 3.05) is 13.2 Å². The molecule has 0 bridgehead atoms. The summed E-state index contributed by atoms with van der Waals surface area (Å²) in [4.78, 5) is 11.4. The van der Waals surface area contributed by atoms with E-state index in [4.69, 9.17) is 23.2 Å². The van der Waals surface area contributed by atoms with Crippen LogP contribution in [0.5, 0.6) is 0 Å². The zero-order valence-electron chi connectivity index (χ0n) is 8.35. The predicted octanol–water partition coefficient (Wildman–Crippen LogP) is 3.76. The Morgan fingerprint density at radius 3 is 2.47 bits per heavy atom. The summed E-state index contributed by atoms with van der Waals surface area (Å²) in [5.74, 6) is -0.629. The van der Waals surface area contributed by atoms with Crippen molar-refractivity contribution in [2.24, 2.45) is 0 Å². The predicted molar refractivity (Wildman–Crippen MR) is 57.7 cm³/mol. The molecule has 0 atom stereocenters. The maximum absolute atomic E-state index is 11.8. The van der Waals surface area contributed by atoms with Crippen LogP contribution in [0.15, 0.2) is 18.2 Å². The van der Waals surface area contributed by atoms with Crippen molar-refractivity contribution >= 4 is 29.0 Å². The smallest absolute Gasteiger partial charge is 0.364 e. The van der Waals surface area contributed by atoms with E-state index in [2.05, 4.69) is 4.74 Å². The van der Waals surface area contributed by atoms with E-state index in [1.165, 1.54) is 18.2 Å². The Bertz CT molecular complexity index is 419. The van der Waals surface area contributed by atoms with Crippen LogP contribution in [0.25, 0.3) is 0 Å². The Morgan fingerprint density at radius 1 is 1.29 bits per heavy atom. The summed E-state index contributed by atoms with van der Waals surface area (Å²) in [6.45, 7) is -2.15. The van der Waals surface area contributed by atoms with Gasteiger partial charge in [0, 0.05) is 10.6 Å². The molecular weight excluding hydrogens is 280 g/mol. The summed E-state index contributed by atoms with van der Waals surface area (Å²) in [5.41, 5.74) is 0.0817. The summed E-state index contributed by atoms with van der Waals surface area (Å²) in [5, 5.41) is 0.417. The van der Waals surface area contributed by atoms with E-state index in [1.54, 1.807) is 0 Å². The molecule has 0 aliphatic rings. The minimum Gasteiger partial charge on any atom is -0.364 e. The molecule has 94 valence electrons. The van der Waals surface area contributed by atoms with Gasteiger partial charge in [-0.15, -0.1) is 0 Å². The molecule has 0 saturated heterocycles. The van der Waals surface area contributed by atoms with Crippen LogP contribution in [-0.2, 0) is 4.74 Å². The highest BCUT2D eigenvalue weighted by Crippen LogP contribution is 2.21. The van der Waals surface area contributed by atoms with Crippen molar-refractivity contribution in [1.82, 2.24) is 0 Å². The average molecular weight is 287 g/mol. The zero-order valence-corrected chi connectivity index (χ0v) is 9.86. The lowest BCUT2D eigenvalue weighted by molar-refractivity contribution is -0.170. The second kappa shape index (κ2) is 5.71. The van der Waals surface area contributed by atoms with Crippen molar-refractivity contribution in [3.05, 3.63) is 33.8 Å². The molecule has 0 heterocycles. The SMILES string of the molecule is O=C(COCC(F)(F)F)c1ccc(Cl)cc1Cl. The van der Waals surface area contributed by atoms with Crippen molar-refractivity contribution in [2.45, 2.75) is 6.18 Å². The van der Waals surface area contributed by atoms with Gasteiger partial charge < -0.3 is 4.74 Å². The van der Waals surface area contributed by atoms with Gasteiger partial charge in [-0.1, -0.05) is 23.2 Å². The Balaban J connectivity index is 2.59. The summed E-state index contributed by atoms with van der Waals surface area (Å²) >= 11 is 11.3. The maximum Gasteiger partial charge on any atom is 0.411 e. The van der Waals surface area contributed by atoms with Gasteiger partial charge in [0.1, 0.15) is 13.2 Å². The molecule has 7 heteroatoms. The molecule has 0 saturated carbocycles. The third-order valence-electron chi connectivity index (χ3n) is 1.73. The number of carbonyl (C=O) groups is 1. The van der Waals surface area contributed by atoms with Crippen LogP contribution in [0.2, 0.25) is 10.0 Å². The molecule has 0 aliphatic heterocycles. The molecule has 0 amide bonds. The molecular formula is C10H7Cl2F3O2. The van der Waals surface area contributed by atoms with Gasteiger partial charge in [-0.2, -0.15) is 13.2 Å². The number of hydrogen-bond acceptors (Lipinski definition) is 2. The fourth-order valence-corrected chi connectivity index (χ4v) is 1.57. The van der Waals surface area contributed by atoms with Gasteiger partial charge >= 0.3 is 6.18 Å². The monoisotopic (exact) mass is 286 g/mol. The topological polar surface area (TPSA) is 26.3 Å². The number of benzene rings is 1. The number of alkyl halides is 3. The van der Waals surface area contributed by atoms with Crippen LogP contribution in [0.4, 0.5) is 13.2 Å². The maximum atomic E-state index is 11.8. The molecule has 0 unspecified atom stereocenters. The summed E-state index contributed by atoms with van der Waals surface area (Å²) < 4.78 is 39.5. The lowest BCUT2D eigenvalue weighted by Crippen LogP contribution is -2.20. The molecule has 1 rings (SSSR count). The van der Waals surface area contributed by atoms with Gasteiger partial charge in [0.05, 0.1) is 5.02 Å². The van der Waals surface area contributed by atoms with Crippen molar-refractivity contribution in [1.29, 1.82) is 0 Å². The zero-order chi connectivity index (χ0) is 13.1. The summed E-state index contributed by atoms with van der Waals surface area (Å²) in [6.07, 6.45) is -4.45. The van der Waals surface area contributed by atoms with Crippen LogP contribution in [0, 0.1) is 0 Å². The molecule has 1 aromatic carbocycles. The van der Waals surface area contributed by atoms with Gasteiger partial charge in [-0.25, -0.2) is 0 Å². The number of ketones is 1. The summed E-state index contributed by atoms with van der Waals surface area (Å²) in [7, 11) is 0. The minimum atomic E-state index is -4.45. The number of carbonyl (C=O) groups excluding carboxylic acids is 1. The van der Waals surface area contributed by atoms with E-state index in [1.807, 2.05) is 0 Å². The molecule has 0 radical (unpaired) electrons. The number of hydrogen-bond donors (Lipinski definition) is 0. The molecule has 2 nitrogen and oxygen atoms in total. The van der Waals surface area contributed by atoms with E-state index in [9.17, 15) is 18.0 Å². The van der Waals surface area contributed by atoms with Crippen molar-refractivity contribution in [3.8, 4) is 0 Å². The Hall–Kier alpha value is -0.780. The van der Waals surface area contributed by atoms with Gasteiger partial charge in [-0.3, -0.25) is 4.79 Å². The highest BCUT2D eigenvalue weighted by Gasteiger charge is 2.28. The highest BCUT2D eigenvalue weighted by atomic mass is 35.5. The standard InChI is InChI=1S/C10H7Cl2F3O2/c11-6-1-2-7(8(12)3-6)9(16)4-17-5-10(13,14)15/h1-3H,4-5H2. The second-order valence-corrected chi connectivity index (χ2v) is 4.00. The lowest BCUT2D eigenvalue weighted by atomic mass is 10.1. The third-order valence-corrected chi connectivity index (χ3v) is 2.28. The number of ether oxygens (including phenoxy) is 1. The molecule has 0 N–H and O–H groups in total. The van der Waals surface area contributed by atoms with Gasteiger partial charge in [-0.05, 0) is 18.2 Å². The first-order valence-electron chi connectivity index (χ1n) is 4.42. The quantitative estimate of drug-likeness (QED) is 0.788. The van der Waals surface area contributed by atoms with Crippen LogP contribution in [0.3, 0.4) is 0 Å². The lowest BCUT2D eigenvalue weighted by Gasteiger charge is -2.07. The highest BCUT2D eigenvalue weighted by molar-refractivity contribution is 6.36. The van der Waals surface area contributed by atoms with Crippen LogP contribution < -0.4 is 0 Å². The fourth-order valence-electron chi connectivity index (χ4n) is 1.05. The molecule has 0 spiro atoms. The first kappa shape index (κ1) is 14.3. The molecule has 0 aromatic heterocycles. The molecule has 1 aromatic rings. The molecule has 0 fully saturated rings. The second-order valence-electron chi connectivity index (χ2n) is 3.16. The average Bonchev–Trinajstić information content (AvgIpc) is 2.15. The minimum absolute atomic E-state index is 0.0816. The first-order chi connectivity index (χ1) is 7.79. The first-order valence-corrected chi connectivity index (χ1v) is 5.18. The normalized spacial score (nSPS) is 11.6. The Morgan fingerprint density at radius 2 is 1.94 bits per heavy atom. The van der Waals surface area contributed by atoms with E-state index in [0.717, 1.165) is 0 Å². The number of halogens is 5. The summed E-state index contributed by atoms with van der Waals surface area (Å²) in [6, 6.07) is 4.09. The van der Waals surface area contributed by atoms with Gasteiger partial charge in [0.15, 0.2) is 5.78 Å². The molecule has 17 heavy (non-hydrogen) atoms. The van der Waals surface area contributed by atoms with E-state index in [-0.39, 0.29) is 10.6 Å². The van der Waals surface area contributed by atoms with Gasteiger partial charge in [0.25, 0.3) is 0 Å². The number of rotatable bonds is 4. The van der Waals surface area contributed by atoms with Crippen molar-refractivity contribution < 1.29 is 22.7 Å². The Labute approximate surface area is 105 Å². The largest absolute Gasteiger partial charge is 0.411 e. The van der Waals surface area contributed by atoms with Crippen molar-refractivity contribution in [3.63, 3.8) is 0 Å². The molecule has 0 aliphatic carbocycles. The van der Waals surface area contributed by atoms with E-state index < -0.39 is 25.2 Å². The number of Topliss-reactive ketones (excluding diaryl/α,β-unsaturated/α-hetero) is 1. The Kier molecular flexibility index (Phi) is 4.80. The van der Waals surface area contributed by atoms with Gasteiger partial charge in [0.2, 0.25) is 0 Å². The fraction of sp³-hybridized carbons (Fsp3) is 0.300.